The third kappa shape index (κ3) is 5.50. The first kappa shape index (κ1) is 19.8. The Hall–Kier alpha value is -2.99. The quantitative estimate of drug-likeness (QED) is 0.639. The predicted octanol–water partition coefficient (Wildman–Crippen LogP) is 3.63. The van der Waals surface area contributed by atoms with Crippen LogP contribution in [0.5, 0.6) is 0 Å². The summed E-state index contributed by atoms with van der Waals surface area (Å²) < 4.78 is 1.75. The lowest BCUT2D eigenvalue weighted by atomic mass is 10.1. The molecule has 0 unspecified atom stereocenters. The Morgan fingerprint density at radius 1 is 1.04 bits per heavy atom. The number of nitrogens with one attached hydrogen (secondary N) is 2. The van der Waals surface area contributed by atoms with Crippen molar-refractivity contribution in [3.63, 3.8) is 0 Å². The first-order valence-electron chi connectivity index (χ1n) is 9.09. The van der Waals surface area contributed by atoms with Crippen molar-refractivity contribution in [2.24, 2.45) is 0 Å². The Morgan fingerprint density at radius 3 is 2.43 bits per heavy atom. The fraction of sp³-hybridized carbons (Fsp3) is 0.238. The van der Waals surface area contributed by atoms with E-state index in [2.05, 4.69) is 44.9 Å². The van der Waals surface area contributed by atoms with Crippen LogP contribution in [0.4, 0.5) is 10.5 Å². The van der Waals surface area contributed by atoms with Gasteiger partial charge in [0.05, 0.1) is 11.9 Å². The maximum atomic E-state index is 12.0. The second kappa shape index (κ2) is 9.28. The fourth-order valence-corrected chi connectivity index (χ4v) is 2.84. The molecule has 0 aliphatic heterocycles. The van der Waals surface area contributed by atoms with Crippen LogP contribution in [0.3, 0.4) is 0 Å². The molecule has 0 saturated carbocycles. The third-order valence-electron chi connectivity index (χ3n) is 4.33. The number of hydrogen-bond acceptors (Lipinski definition) is 3. The largest absolute Gasteiger partial charge is 0.378 e. The minimum Gasteiger partial charge on any atom is -0.378 e. The van der Waals surface area contributed by atoms with E-state index in [4.69, 9.17) is 11.6 Å². The Kier molecular flexibility index (Phi) is 6.55. The number of anilines is 1. The number of carbonyl (C=O) groups is 1. The van der Waals surface area contributed by atoms with Gasteiger partial charge < -0.3 is 15.5 Å². The van der Waals surface area contributed by atoms with Gasteiger partial charge in [0, 0.05) is 49.7 Å². The van der Waals surface area contributed by atoms with Gasteiger partial charge in [-0.2, -0.15) is 5.10 Å². The van der Waals surface area contributed by atoms with Gasteiger partial charge in [-0.25, -0.2) is 9.48 Å². The van der Waals surface area contributed by atoms with Crippen LogP contribution in [-0.4, -0.2) is 36.5 Å². The summed E-state index contributed by atoms with van der Waals surface area (Å²) in [5.74, 6) is 0. The van der Waals surface area contributed by atoms with Gasteiger partial charge in [0.2, 0.25) is 0 Å². The van der Waals surface area contributed by atoms with Crippen molar-refractivity contribution in [3.8, 4) is 5.69 Å². The molecule has 0 atom stereocenters. The molecule has 0 saturated heterocycles. The Bertz CT molecular complexity index is 903. The lowest BCUT2D eigenvalue weighted by Gasteiger charge is -2.12. The number of rotatable bonds is 7. The molecule has 1 heterocycles. The highest BCUT2D eigenvalue weighted by Gasteiger charge is 2.04. The normalized spacial score (nSPS) is 10.5. The zero-order valence-corrected chi connectivity index (χ0v) is 16.8. The standard InChI is InChI=1S/C21H24ClN5O/c1-26(2)19-7-3-16(4-8-19)11-12-23-21(28)24-13-17-14-25-27(15-17)20-9-5-18(22)6-10-20/h3-10,14-15H,11-13H2,1-2H3,(H2,23,24,28). The molecule has 0 bridgehead atoms. The van der Waals surface area contributed by atoms with E-state index < -0.39 is 0 Å². The molecule has 2 N–H and O–H groups in total. The van der Waals surface area contributed by atoms with Crippen LogP contribution in [0.25, 0.3) is 5.69 Å². The monoisotopic (exact) mass is 397 g/mol. The SMILES string of the molecule is CN(C)c1ccc(CCNC(=O)NCc2cnn(-c3ccc(Cl)cc3)c2)cc1. The average molecular weight is 398 g/mol. The number of amides is 2. The van der Waals surface area contributed by atoms with Gasteiger partial charge in [-0.05, 0) is 48.4 Å². The van der Waals surface area contributed by atoms with Crippen LogP contribution in [0.15, 0.2) is 60.9 Å². The maximum absolute atomic E-state index is 12.0. The minimum atomic E-state index is -0.191. The summed E-state index contributed by atoms with van der Waals surface area (Å²) in [6.07, 6.45) is 4.41. The molecule has 7 heteroatoms. The fourth-order valence-electron chi connectivity index (χ4n) is 2.71. The van der Waals surface area contributed by atoms with Crippen molar-refractivity contribution < 1.29 is 4.79 Å². The van der Waals surface area contributed by atoms with Crippen LogP contribution < -0.4 is 15.5 Å². The van der Waals surface area contributed by atoms with E-state index in [1.807, 2.05) is 44.6 Å². The van der Waals surface area contributed by atoms with E-state index >= 15 is 0 Å². The summed E-state index contributed by atoms with van der Waals surface area (Å²) in [5.41, 5.74) is 4.19. The lowest BCUT2D eigenvalue weighted by Crippen LogP contribution is -2.36. The summed E-state index contributed by atoms with van der Waals surface area (Å²) in [6.45, 7) is 0.994. The second-order valence-electron chi connectivity index (χ2n) is 6.69. The molecule has 3 aromatic rings. The van der Waals surface area contributed by atoms with Crippen molar-refractivity contribution in [1.82, 2.24) is 20.4 Å². The Balaban J connectivity index is 1.41. The average Bonchev–Trinajstić information content (AvgIpc) is 3.16. The lowest BCUT2D eigenvalue weighted by molar-refractivity contribution is 0.240. The molecular weight excluding hydrogens is 374 g/mol. The summed E-state index contributed by atoms with van der Waals surface area (Å²) in [6, 6.07) is 15.6. The van der Waals surface area contributed by atoms with Gasteiger partial charge in [0.15, 0.2) is 0 Å². The van der Waals surface area contributed by atoms with Crippen molar-refractivity contribution in [1.29, 1.82) is 0 Å². The molecule has 0 radical (unpaired) electrons. The van der Waals surface area contributed by atoms with Crippen LogP contribution >= 0.6 is 11.6 Å². The van der Waals surface area contributed by atoms with E-state index in [0.717, 1.165) is 23.4 Å². The number of hydrogen-bond donors (Lipinski definition) is 2. The number of aromatic nitrogens is 2. The number of halogens is 1. The topological polar surface area (TPSA) is 62.2 Å². The number of carbonyl (C=O) groups excluding carboxylic acids is 1. The first-order valence-corrected chi connectivity index (χ1v) is 9.46. The van der Waals surface area contributed by atoms with Crippen molar-refractivity contribution >= 4 is 23.3 Å². The molecule has 0 fully saturated rings. The van der Waals surface area contributed by atoms with Crippen LogP contribution in [-0.2, 0) is 13.0 Å². The molecule has 146 valence electrons. The van der Waals surface area contributed by atoms with Gasteiger partial charge >= 0.3 is 6.03 Å². The smallest absolute Gasteiger partial charge is 0.315 e. The summed E-state index contributed by atoms with van der Waals surface area (Å²) >= 11 is 5.90. The predicted molar refractivity (Wildman–Crippen MR) is 113 cm³/mol. The minimum absolute atomic E-state index is 0.191. The Labute approximate surface area is 170 Å². The highest BCUT2D eigenvalue weighted by atomic mass is 35.5. The zero-order valence-electron chi connectivity index (χ0n) is 16.0. The van der Waals surface area contributed by atoms with Gasteiger partial charge in [-0.15, -0.1) is 0 Å². The Morgan fingerprint density at radius 2 is 1.75 bits per heavy atom. The first-order chi connectivity index (χ1) is 13.5. The van der Waals surface area contributed by atoms with Crippen LogP contribution in [0, 0.1) is 0 Å². The number of nitrogens with zero attached hydrogens (tertiary/aromatic N) is 3. The van der Waals surface area contributed by atoms with E-state index in [9.17, 15) is 4.79 Å². The summed E-state index contributed by atoms with van der Waals surface area (Å²) in [4.78, 5) is 14.1. The molecule has 6 nitrogen and oxygen atoms in total. The van der Waals surface area contributed by atoms with Crippen molar-refractivity contribution in [2.45, 2.75) is 13.0 Å². The molecule has 28 heavy (non-hydrogen) atoms. The van der Waals surface area contributed by atoms with Gasteiger partial charge in [0.1, 0.15) is 0 Å². The maximum Gasteiger partial charge on any atom is 0.315 e. The van der Waals surface area contributed by atoms with Crippen LogP contribution in [0.1, 0.15) is 11.1 Å². The molecule has 3 rings (SSSR count). The molecule has 2 aromatic carbocycles. The van der Waals surface area contributed by atoms with Gasteiger partial charge in [-0.3, -0.25) is 0 Å². The van der Waals surface area contributed by atoms with Crippen molar-refractivity contribution in [3.05, 3.63) is 77.1 Å². The van der Waals surface area contributed by atoms with Crippen LogP contribution in [0.2, 0.25) is 5.02 Å². The molecule has 2 amide bonds. The van der Waals surface area contributed by atoms with E-state index in [1.54, 1.807) is 10.9 Å². The third-order valence-corrected chi connectivity index (χ3v) is 4.58. The summed E-state index contributed by atoms with van der Waals surface area (Å²) in [5, 5.41) is 10.7. The second-order valence-corrected chi connectivity index (χ2v) is 7.13. The molecule has 0 aliphatic rings. The molecular formula is C21H24ClN5O. The molecule has 1 aromatic heterocycles. The van der Waals surface area contributed by atoms with E-state index in [-0.39, 0.29) is 6.03 Å². The molecule has 0 spiro atoms. The molecule has 0 aliphatic carbocycles. The highest BCUT2D eigenvalue weighted by Crippen LogP contribution is 2.14. The highest BCUT2D eigenvalue weighted by molar-refractivity contribution is 6.30. The summed E-state index contributed by atoms with van der Waals surface area (Å²) in [7, 11) is 4.03. The zero-order chi connectivity index (χ0) is 19.9. The van der Waals surface area contributed by atoms with E-state index in [0.29, 0.717) is 18.1 Å². The van der Waals surface area contributed by atoms with Gasteiger partial charge in [0.25, 0.3) is 0 Å². The van der Waals surface area contributed by atoms with Gasteiger partial charge in [-0.1, -0.05) is 23.7 Å². The number of benzene rings is 2. The van der Waals surface area contributed by atoms with E-state index in [1.165, 1.54) is 5.56 Å². The van der Waals surface area contributed by atoms with Crippen molar-refractivity contribution in [2.75, 3.05) is 25.5 Å². The number of urea groups is 1.